The molecule has 2 aromatic rings. The number of nitriles is 1. The van der Waals surface area contributed by atoms with Crippen LogP contribution in [0.1, 0.15) is 5.56 Å². The Balaban J connectivity index is 2.41. The van der Waals surface area contributed by atoms with Gasteiger partial charge in [-0.25, -0.2) is 17.6 Å². The molecule has 96 valence electrons. The first-order chi connectivity index (χ1) is 9.01. The lowest BCUT2D eigenvalue weighted by Gasteiger charge is -2.06. The largest absolute Gasteiger partial charge is 0.207 e. The van der Waals surface area contributed by atoms with Gasteiger partial charge in [0, 0.05) is 11.0 Å². The highest BCUT2D eigenvalue weighted by atomic mass is 32.2. The Morgan fingerprint density at radius 1 is 0.895 bits per heavy atom. The van der Waals surface area contributed by atoms with Gasteiger partial charge < -0.3 is 0 Å². The molecular formula is C13H5F4NS. The van der Waals surface area contributed by atoms with E-state index in [1.807, 2.05) is 0 Å². The minimum atomic E-state index is -0.967. The van der Waals surface area contributed by atoms with Crippen molar-refractivity contribution in [3.05, 3.63) is 59.2 Å². The number of nitrogens with zero attached hydrogens (tertiary/aromatic N) is 1. The van der Waals surface area contributed by atoms with Crippen LogP contribution in [0.4, 0.5) is 17.6 Å². The van der Waals surface area contributed by atoms with Crippen LogP contribution in [0.3, 0.4) is 0 Å². The van der Waals surface area contributed by atoms with Crippen LogP contribution >= 0.6 is 11.8 Å². The number of hydrogen-bond acceptors (Lipinski definition) is 2. The molecule has 0 radical (unpaired) electrons. The highest BCUT2D eigenvalue weighted by molar-refractivity contribution is 7.99. The van der Waals surface area contributed by atoms with E-state index < -0.39 is 28.2 Å². The SMILES string of the molecule is N#Cc1cc(F)c(Sc2ccc(F)cc2F)c(F)c1. The van der Waals surface area contributed by atoms with Crippen LogP contribution in [0.2, 0.25) is 0 Å². The van der Waals surface area contributed by atoms with Crippen molar-refractivity contribution in [2.24, 2.45) is 0 Å². The molecule has 0 aliphatic rings. The zero-order valence-corrected chi connectivity index (χ0v) is 10.1. The fourth-order valence-electron chi connectivity index (χ4n) is 1.39. The monoisotopic (exact) mass is 283 g/mol. The van der Waals surface area contributed by atoms with Crippen LogP contribution in [0.25, 0.3) is 0 Å². The average Bonchev–Trinajstić information content (AvgIpc) is 2.35. The standard InChI is InChI=1S/C13H5F4NS/c14-8-1-2-12(9(15)5-8)19-13-10(16)3-7(6-18)4-11(13)17/h1-5H. The van der Waals surface area contributed by atoms with Gasteiger partial charge in [-0.05, 0) is 24.3 Å². The second kappa shape index (κ2) is 5.33. The summed E-state index contributed by atoms with van der Waals surface area (Å²) in [6.45, 7) is 0. The predicted molar refractivity (Wildman–Crippen MR) is 61.6 cm³/mol. The summed E-state index contributed by atoms with van der Waals surface area (Å²) in [6.07, 6.45) is 0. The molecule has 1 nitrogen and oxygen atoms in total. The van der Waals surface area contributed by atoms with Crippen molar-refractivity contribution in [3.63, 3.8) is 0 Å². The van der Waals surface area contributed by atoms with Crippen LogP contribution in [0.15, 0.2) is 40.1 Å². The van der Waals surface area contributed by atoms with E-state index in [9.17, 15) is 17.6 Å². The Kier molecular flexibility index (Phi) is 3.76. The van der Waals surface area contributed by atoms with Crippen molar-refractivity contribution in [3.8, 4) is 6.07 Å². The lowest BCUT2D eigenvalue weighted by atomic mass is 10.2. The molecule has 0 N–H and O–H groups in total. The number of rotatable bonds is 2. The molecule has 0 aromatic heterocycles. The maximum Gasteiger partial charge on any atom is 0.141 e. The molecule has 0 aliphatic carbocycles. The summed E-state index contributed by atoms with van der Waals surface area (Å²) in [7, 11) is 0. The fourth-order valence-corrected chi connectivity index (χ4v) is 2.22. The van der Waals surface area contributed by atoms with Crippen molar-refractivity contribution >= 4 is 11.8 Å². The number of halogens is 4. The minimum Gasteiger partial charge on any atom is -0.207 e. The fraction of sp³-hybridized carbons (Fsp3) is 0. The van der Waals surface area contributed by atoms with E-state index in [4.69, 9.17) is 5.26 Å². The van der Waals surface area contributed by atoms with E-state index in [1.54, 1.807) is 6.07 Å². The van der Waals surface area contributed by atoms with Crippen molar-refractivity contribution < 1.29 is 17.6 Å². The summed E-state index contributed by atoms with van der Waals surface area (Å²) in [4.78, 5) is -0.548. The van der Waals surface area contributed by atoms with Gasteiger partial charge in [-0.1, -0.05) is 11.8 Å². The summed E-state index contributed by atoms with van der Waals surface area (Å²) >= 11 is 0.494. The van der Waals surface area contributed by atoms with Gasteiger partial charge in [0.25, 0.3) is 0 Å². The van der Waals surface area contributed by atoms with E-state index in [0.717, 1.165) is 24.3 Å². The van der Waals surface area contributed by atoms with Gasteiger partial charge in [0.2, 0.25) is 0 Å². The van der Waals surface area contributed by atoms with E-state index >= 15 is 0 Å². The third-order valence-corrected chi connectivity index (χ3v) is 3.38. The lowest BCUT2D eigenvalue weighted by Crippen LogP contribution is -1.92. The first kappa shape index (κ1) is 13.4. The summed E-state index contributed by atoms with van der Waals surface area (Å²) in [6, 6.07) is 6.02. The molecule has 0 fully saturated rings. The average molecular weight is 283 g/mol. The molecule has 6 heteroatoms. The highest BCUT2D eigenvalue weighted by Gasteiger charge is 2.15. The van der Waals surface area contributed by atoms with Crippen LogP contribution in [-0.4, -0.2) is 0 Å². The predicted octanol–water partition coefficient (Wildman–Crippen LogP) is 4.27. The van der Waals surface area contributed by atoms with Crippen molar-refractivity contribution in [2.45, 2.75) is 9.79 Å². The molecule has 0 aliphatic heterocycles. The first-order valence-corrected chi connectivity index (χ1v) is 5.85. The molecule has 0 atom stereocenters. The molecule has 19 heavy (non-hydrogen) atoms. The van der Waals surface area contributed by atoms with Crippen LogP contribution in [0.5, 0.6) is 0 Å². The zero-order chi connectivity index (χ0) is 14.0. The second-order valence-corrected chi connectivity index (χ2v) is 4.61. The zero-order valence-electron chi connectivity index (χ0n) is 9.25. The van der Waals surface area contributed by atoms with Crippen molar-refractivity contribution in [1.29, 1.82) is 5.26 Å². The smallest absolute Gasteiger partial charge is 0.141 e. The molecule has 0 spiro atoms. The maximum absolute atomic E-state index is 13.6. The van der Waals surface area contributed by atoms with Gasteiger partial charge in [0.15, 0.2) is 0 Å². The normalized spacial score (nSPS) is 10.3. The van der Waals surface area contributed by atoms with Crippen molar-refractivity contribution in [2.75, 3.05) is 0 Å². The summed E-state index contributed by atoms with van der Waals surface area (Å²) in [5.74, 6) is -3.62. The van der Waals surface area contributed by atoms with Gasteiger partial charge in [0.05, 0.1) is 16.5 Å². The number of benzene rings is 2. The van der Waals surface area contributed by atoms with Gasteiger partial charge in [-0.2, -0.15) is 5.26 Å². The third-order valence-electron chi connectivity index (χ3n) is 2.23. The van der Waals surface area contributed by atoms with E-state index in [1.165, 1.54) is 0 Å². The molecule has 2 rings (SSSR count). The lowest BCUT2D eigenvalue weighted by molar-refractivity contribution is 0.538. The van der Waals surface area contributed by atoms with E-state index in [-0.39, 0.29) is 10.5 Å². The Morgan fingerprint density at radius 3 is 2.05 bits per heavy atom. The highest BCUT2D eigenvalue weighted by Crippen LogP contribution is 2.34. The molecule has 0 bridgehead atoms. The Hall–Kier alpha value is -2.00. The minimum absolute atomic E-state index is 0.107. The van der Waals surface area contributed by atoms with Crippen molar-refractivity contribution in [1.82, 2.24) is 0 Å². The van der Waals surface area contributed by atoms with Crippen LogP contribution in [0, 0.1) is 34.6 Å². The van der Waals surface area contributed by atoms with Gasteiger partial charge in [0.1, 0.15) is 23.3 Å². The molecule has 0 amide bonds. The number of hydrogen-bond donors (Lipinski definition) is 0. The summed E-state index contributed by atoms with van der Waals surface area (Å²) in [5.41, 5.74) is -0.168. The molecule has 0 saturated heterocycles. The first-order valence-electron chi connectivity index (χ1n) is 5.03. The molecular weight excluding hydrogens is 278 g/mol. The second-order valence-electron chi connectivity index (χ2n) is 3.56. The third kappa shape index (κ3) is 2.88. The van der Waals surface area contributed by atoms with Gasteiger partial charge in [-0.15, -0.1) is 0 Å². The van der Waals surface area contributed by atoms with Crippen LogP contribution in [-0.2, 0) is 0 Å². The van der Waals surface area contributed by atoms with Gasteiger partial charge >= 0.3 is 0 Å². The van der Waals surface area contributed by atoms with E-state index in [2.05, 4.69) is 0 Å². The Morgan fingerprint density at radius 2 is 1.53 bits per heavy atom. The van der Waals surface area contributed by atoms with Crippen LogP contribution < -0.4 is 0 Å². The molecule has 0 saturated carbocycles. The Bertz CT molecular complexity index is 656. The topological polar surface area (TPSA) is 23.8 Å². The maximum atomic E-state index is 13.6. The molecule has 0 unspecified atom stereocenters. The Labute approximate surface area is 110 Å². The quantitative estimate of drug-likeness (QED) is 0.769. The summed E-state index contributed by atoms with van der Waals surface area (Å²) < 4.78 is 53.3. The molecule has 0 heterocycles. The van der Waals surface area contributed by atoms with Gasteiger partial charge in [-0.3, -0.25) is 0 Å². The molecule has 2 aromatic carbocycles. The summed E-state index contributed by atoms with van der Waals surface area (Å²) in [5, 5.41) is 8.55. The van der Waals surface area contributed by atoms with E-state index in [0.29, 0.717) is 17.8 Å².